The largest absolute Gasteiger partial charge is 0.391 e. The Kier molecular flexibility index (Phi) is 6.93. The van der Waals surface area contributed by atoms with Crippen molar-refractivity contribution >= 4 is 33.9 Å². The standard InChI is InChI=1S/C27H36N8O/c1-17(2)21-15-31-35-25(12-24(33-27(21)35)29-13-19-10-11-28-16-23(19)36)30-14-20-9-8-18-6-5-7-22(34(3)4)26(18)32-20/h5-9,12,15,17,19,23,28,30,36H,10-11,13-14,16H2,1-4H3,(H,29,33)/t19-,23+/m1/s1. The van der Waals surface area contributed by atoms with E-state index in [1.165, 1.54) is 0 Å². The maximum Gasteiger partial charge on any atom is 0.163 e. The summed E-state index contributed by atoms with van der Waals surface area (Å²) in [6.45, 7) is 7.10. The van der Waals surface area contributed by atoms with E-state index in [0.717, 1.165) is 58.1 Å². The Morgan fingerprint density at radius 2 is 2.03 bits per heavy atom. The quantitative estimate of drug-likeness (QED) is 0.299. The van der Waals surface area contributed by atoms with Crippen molar-refractivity contribution in [3.63, 3.8) is 0 Å². The Morgan fingerprint density at radius 3 is 2.81 bits per heavy atom. The summed E-state index contributed by atoms with van der Waals surface area (Å²) in [5.41, 5.74) is 4.98. The Morgan fingerprint density at radius 1 is 1.17 bits per heavy atom. The van der Waals surface area contributed by atoms with E-state index in [9.17, 15) is 5.11 Å². The van der Waals surface area contributed by atoms with Crippen molar-refractivity contribution in [1.29, 1.82) is 0 Å². The first kappa shape index (κ1) is 24.3. The fourth-order valence-electron chi connectivity index (χ4n) is 4.79. The number of piperidine rings is 1. The van der Waals surface area contributed by atoms with Gasteiger partial charge in [-0.15, -0.1) is 0 Å². The molecule has 9 nitrogen and oxygen atoms in total. The van der Waals surface area contributed by atoms with E-state index in [4.69, 9.17) is 9.97 Å². The molecule has 0 bridgehead atoms. The van der Waals surface area contributed by atoms with Crippen molar-refractivity contribution in [2.24, 2.45) is 5.92 Å². The van der Waals surface area contributed by atoms with Crippen LogP contribution in [0.5, 0.6) is 0 Å². The summed E-state index contributed by atoms with van der Waals surface area (Å²) in [6, 6.07) is 12.4. The lowest BCUT2D eigenvalue weighted by molar-refractivity contribution is 0.0883. The molecule has 0 unspecified atom stereocenters. The number of rotatable bonds is 8. The molecule has 0 radical (unpaired) electrons. The summed E-state index contributed by atoms with van der Waals surface area (Å²) in [5, 5.41) is 26.3. The van der Waals surface area contributed by atoms with Crippen molar-refractivity contribution in [1.82, 2.24) is 24.9 Å². The average molecular weight is 489 g/mol. The number of anilines is 3. The molecule has 4 aromatic rings. The molecule has 1 fully saturated rings. The third-order valence-electron chi connectivity index (χ3n) is 6.95. The van der Waals surface area contributed by atoms with Crippen LogP contribution < -0.4 is 20.9 Å². The lowest BCUT2D eigenvalue weighted by Gasteiger charge is -2.28. The Hall–Kier alpha value is -3.43. The number of aliphatic hydroxyl groups is 1. The number of pyridine rings is 1. The molecule has 3 aromatic heterocycles. The molecule has 0 spiro atoms. The second-order valence-electron chi connectivity index (χ2n) is 10.1. The van der Waals surface area contributed by atoms with Crippen LogP contribution in [0.1, 0.15) is 37.4 Å². The molecule has 1 aliphatic rings. The molecule has 0 amide bonds. The minimum Gasteiger partial charge on any atom is -0.391 e. The third-order valence-corrected chi connectivity index (χ3v) is 6.95. The first-order valence-electron chi connectivity index (χ1n) is 12.7. The number of hydrogen-bond donors (Lipinski definition) is 4. The fraction of sp³-hybridized carbons (Fsp3) is 0.444. The van der Waals surface area contributed by atoms with E-state index in [2.05, 4.69) is 70.1 Å². The number of fused-ring (bicyclic) bond motifs is 2. The maximum absolute atomic E-state index is 10.3. The van der Waals surface area contributed by atoms with Crippen LogP contribution in [0.3, 0.4) is 0 Å². The summed E-state index contributed by atoms with van der Waals surface area (Å²) >= 11 is 0. The lowest BCUT2D eigenvalue weighted by Crippen LogP contribution is -2.43. The van der Waals surface area contributed by atoms with E-state index >= 15 is 0 Å². The van der Waals surface area contributed by atoms with E-state index in [-0.39, 0.29) is 12.0 Å². The monoisotopic (exact) mass is 488 g/mol. The van der Waals surface area contributed by atoms with E-state index in [1.807, 2.05) is 30.9 Å². The third kappa shape index (κ3) is 4.94. The Labute approximate surface area is 211 Å². The van der Waals surface area contributed by atoms with Crippen LogP contribution in [0, 0.1) is 5.92 Å². The van der Waals surface area contributed by atoms with Gasteiger partial charge in [0.2, 0.25) is 0 Å². The van der Waals surface area contributed by atoms with Crippen LogP contribution >= 0.6 is 0 Å². The summed E-state index contributed by atoms with van der Waals surface area (Å²) in [6.07, 6.45) is 2.49. The molecule has 1 aliphatic heterocycles. The summed E-state index contributed by atoms with van der Waals surface area (Å²) in [7, 11) is 4.08. The molecule has 36 heavy (non-hydrogen) atoms. The molecule has 9 heteroatoms. The smallest absolute Gasteiger partial charge is 0.163 e. The SMILES string of the molecule is CC(C)c1cnn2c(NCc3ccc4cccc(N(C)C)c4n3)cc(NC[C@H]3CCNC[C@@H]3O)nc12. The number of nitrogens with one attached hydrogen (secondary N) is 3. The highest BCUT2D eigenvalue weighted by Gasteiger charge is 2.23. The highest BCUT2D eigenvalue weighted by molar-refractivity contribution is 5.90. The van der Waals surface area contributed by atoms with Gasteiger partial charge in [0.25, 0.3) is 0 Å². The highest BCUT2D eigenvalue weighted by atomic mass is 16.3. The molecule has 0 aliphatic carbocycles. The first-order valence-corrected chi connectivity index (χ1v) is 12.7. The van der Waals surface area contributed by atoms with E-state index in [0.29, 0.717) is 25.6 Å². The van der Waals surface area contributed by atoms with Gasteiger partial charge in [-0.2, -0.15) is 9.61 Å². The molecular formula is C27H36N8O. The zero-order valence-corrected chi connectivity index (χ0v) is 21.5. The van der Waals surface area contributed by atoms with Gasteiger partial charge in [0.05, 0.1) is 35.7 Å². The van der Waals surface area contributed by atoms with Crippen LogP contribution in [0.4, 0.5) is 17.3 Å². The average Bonchev–Trinajstić information content (AvgIpc) is 3.31. The van der Waals surface area contributed by atoms with Gasteiger partial charge in [-0.1, -0.05) is 32.0 Å². The van der Waals surface area contributed by atoms with E-state index in [1.54, 1.807) is 0 Å². The minimum absolute atomic E-state index is 0.197. The number of aromatic nitrogens is 4. The van der Waals surface area contributed by atoms with Gasteiger partial charge in [0, 0.05) is 50.1 Å². The number of β-amino-alcohol motifs (C(OH)–C–C–N with tert-alkyl or cyclic N) is 1. The van der Waals surface area contributed by atoms with Gasteiger partial charge in [-0.3, -0.25) is 0 Å². The second kappa shape index (κ2) is 10.3. The summed E-state index contributed by atoms with van der Waals surface area (Å²) in [5.74, 6) is 2.13. The lowest BCUT2D eigenvalue weighted by atomic mass is 9.95. The molecule has 2 atom stereocenters. The summed E-state index contributed by atoms with van der Waals surface area (Å²) in [4.78, 5) is 11.9. The van der Waals surface area contributed by atoms with Crippen LogP contribution in [0.25, 0.3) is 16.6 Å². The topological polar surface area (TPSA) is 103 Å². The number of nitrogens with zero attached hydrogens (tertiary/aromatic N) is 5. The zero-order valence-electron chi connectivity index (χ0n) is 21.5. The van der Waals surface area contributed by atoms with Gasteiger partial charge in [-0.05, 0) is 31.0 Å². The minimum atomic E-state index is -0.347. The Balaban J connectivity index is 1.42. The number of hydrogen-bond acceptors (Lipinski definition) is 8. The normalized spacial score (nSPS) is 18.2. The molecule has 4 N–H and O–H groups in total. The molecule has 1 saturated heterocycles. The van der Waals surface area contributed by atoms with Gasteiger partial charge in [0.1, 0.15) is 11.6 Å². The predicted molar refractivity (Wildman–Crippen MR) is 146 cm³/mol. The summed E-state index contributed by atoms with van der Waals surface area (Å²) < 4.78 is 1.87. The van der Waals surface area contributed by atoms with Gasteiger partial charge >= 0.3 is 0 Å². The molecule has 4 heterocycles. The van der Waals surface area contributed by atoms with Crippen molar-refractivity contribution in [2.45, 2.75) is 38.8 Å². The highest BCUT2D eigenvalue weighted by Crippen LogP contribution is 2.26. The van der Waals surface area contributed by atoms with Crippen molar-refractivity contribution in [3.05, 3.63) is 53.9 Å². The van der Waals surface area contributed by atoms with Crippen LogP contribution in [-0.2, 0) is 6.54 Å². The van der Waals surface area contributed by atoms with Crippen LogP contribution in [0.15, 0.2) is 42.6 Å². The number of aliphatic hydroxyl groups excluding tert-OH is 1. The Bertz CT molecular complexity index is 1350. The molecule has 190 valence electrons. The predicted octanol–water partition coefficient (Wildman–Crippen LogP) is 3.46. The molecule has 0 saturated carbocycles. The van der Waals surface area contributed by atoms with Crippen molar-refractivity contribution in [3.8, 4) is 0 Å². The van der Waals surface area contributed by atoms with Crippen LogP contribution in [-0.4, -0.2) is 64.5 Å². The van der Waals surface area contributed by atoms with Crippen molar-refractivity contribution in [2.75, 3.05) is 49.3 Å². The zero-order chi connectivity index (χ0) is 25.2. The fourth-order valence-corrected chi connectivity index (χ4v) is 4.79. The van der Waals surface area contributed by atoms with Gasteiger partial charge < -0.3 is 26.0 Å². The van der Waals surface area contributed by atoms with Gasteiger partial charge in [0.15, 0.2) is 5.65 Å². The van der Waals surface area contributed by atoms with Crippen LogP contribution in [0.2, 0.25) is 0 Å². The maximum atomic E-state index is 10.3. The van der Waals surface area contributed by atoms with Gasteiger partial charge in [-0.25, -0.2) is 9.97 Å². The molecule has 5 rings (SSSR count). The molecule has 1 aromatic carbocycles. The molecular weight excluding hydrogens is 452 g/mol. The van der Waals surface area contributed by atoms with Crippen molar-refractivity contribution < 1.29 is 5.11 Å². The second-order valence-corrected chi connectivity index (χ2v) is 10.1. The first-order chi connectivity index (χ1) is 17.4. The number of benzene rings is 1. The number of para-hydroxylation sites is 1. The van der Waals surface area contributed by atoms with E-state index < -0.39 is 0 Å².